The van der Waals surface area contributed by atoms with E-state index in [0.29, 0.717) is 12.5 Å². The molecule has 0 amide bonds. The number of nitrogens with one attached hydrogen (secondary N) is 1. The van der Waals surface area contributed by atoms with Crippen LogP contribution in [0.5, 0.6) is 5.75 Å². The van der Waals surface area contributed by atoms with Crippen molar-refractivity contribution < 1.29 is 4.74 Å². The van der Waals surface area contributed by atoms with E-state index in [1.807, 2.05) is 68.4 Å². The lowest BCUT2D eigenvalue weighted by Gasteiger charge is -2.13. The van der Waals surface area contributed by atoms with Crippen LogP contribution in [0.25, 0.3) is 0 Å². The van der Waals surface area contributed by atoms with Crippen LogP contribution in [-0.4, -0.2) is 18.6 Å². The lowest BCUT2D eigenvalue weighted by Crippen LogP contribution is -2.25. The van der Waals surface area contributed by atoms with E-state index in [4.69, 9.17) is 10.5 Å². The van der Waals surface area contributed by atoms with Gasteiger partial charge in [-0.25, -0.2) is 4.99 Å². The van der Waals surface area contributed by atoms with Gasteiger partial charge in [0.2, 0.25) is 0 Å². The third kappa shape index (κ3) is 5.18. The molecule has 2 aromatic rings. The number of para-hydroxylation sites is 1. The smallest absolute Gasteiger partial charge is 0.193 e. The summed E-state index contributed by atoms with van der Waals surface area (Å²) in [5.41, 5.74) is 8.01. The Kier molecular flexibility index (Phi) is 5.21. The minimum Gasteiger partial charge on any atom is -0.489 e. The maximum absolute atomic E-state index is 5.87. The summed E-state index contributed by atoms with van der Waals surface area (Å²) in [6, 6.07) is 17.7. The van der Waals surface area contributed by atoms with E-state index in [1.54, 1.807) is 0 Å². The Morgan fingerprint density at radius 1 is 1.14 bits per heavy atom. The maximum atomic E-state index is 5.87. The van der Waals surface area contributed by atoms with Crippen molar-refractivity contribution in [1.82, 2.24) is 0 Å². The first-order valence-electron chi connectivity index (χ1n) is 6.99. The molecule has 1 unspecified atom stereocenters. The number of aliphatic imine (C=N–C) groups is 1. The molecular weight excluding hydrogens is 262 g/mol. The van der Waals surface area contributed by atoms with Gasteiger partial charge in [0.15, 0.2) is 5.96 Å². The third-order valence-corrected chi connectivity index (χ3v) is 2.92. The largest absolute Gasteiger partial charge is 0.489 e. The maximum Gasteiger partial charge on any atom is 0.193 e. The zero-order valence-electron chi connectivity index (χ0n) is 12.4. The molecule has 0 saturated carbocycles. The topological polar surface area (TPSA) is 59.6 Å². The summed E-state index contributed by atoms with van der Waals surface area (Å²) in [5.74, 6) is 1.23. The second-order valence-electron chi connectivity index (χ2n) is 4.96. The van der Waals surface area contributed by atoms with Crippen LogP contribution in [0.1, 0.15) is 12.5 Å². The zero-order chi connectivity index (χ0) is 15.1. The van der Waals surface area contributed by atoms with Gasteiger partial charge >= 0.3 is 0 Å². The van der Waals surface area contributed by atoms with Crippen molar-refractivity contribution in [2.24, 2.45) is 10.7 Å². The van der Waals surface area contributed by atoms with Gasteiger partial charge in [0, 0.05) is 5.69 Å². The molecule has 2 rings (SSSR count). The number of hydrogen-bond donors (Lipinski definition) is 2. The lowest BCUT2D eigenvalue weighted by molar-refractivity contribution is 0.230. The fourth-order valence-corrected chi connectivity index (χ4v) is 1.82. The van der Waals surface area contributed by atoms with Crippen molar-refractivity contribution in [2.75, 3.05) is 11.9 Å². The van der Waals surface area contributed by atoms with E-state index >= 15 is 0 Å². The molecule has 2 aromatic carbocycles. The van der Waals surface area contributed by atoms with Crippen molar-refractivity contribution in [3.63, 3.8) is 0 Å². The summed E-state index contributed by atoms with van der Waals surface area (Å²) >= 11 is 0. The van der Waals surface area contributed by atoms with Crippen molar-refractivity contribution >= 4 is 11.6 Å². The van der Waals surface area contributed by atoms with Crippen LogP contribution in [-0.2, 0) is 0 Å². The van der Waals surface area contributed by atoms with Gasteiger partial charge in [-0.1, -0.05) is 35.9 Å². The Labute approximate surface area is 125 Å². The first-order valence-corrected chi connectivity index (χ1v) is 6.99. The molecule has 0 bridgehead atoms. The van der Waals surface area contributed by atoms with Gasteiger partial charge in [-0.05, 0) is 38.1 Å². The third-order valence-electron chi connectivity index (χ3n) is 2.92. The Morgan fingerprint density at radius 2 is 1.81 bits per heavy atom. The Hall–Kier alpha value is -2.49. The fraction of sp³-hybridized carbons (Fsp3) is 0.235. The minimum absolute atomic E-state index is 0.0363. The van der Waals surface area contributed by atoms with Crippen molar-refractivity contribution in [3.8, 4) is 5.75 Å². The number of ether oxygens (including phenoxy) is 1. The fourth-order valence-electron chi connectivity index (χ4n) is 1.82. The number of nitrogens with zero attached hydrogens (tertiary/aromatic N) is 1. The quantitative estimate of drug-likeness (QED) is 0.654. The number of rotatable bonds is 5. The van der Waals surface area contributed by atoms with Gasteiger partial charge in [0.05, 0.1) is 6.54 Å². The van der Waals surface area contributed by atoms with Gasteiger partial charge in [-0.15, -0.1) is 0 Å². The molecule has 0 aromatic heterocycles. The van der Waals surface area contributed by atoms with Crippen molar-refractivity contribution in [2.45, 2.75) is 20.0 Å². The van der Waals surface area contributed by atoms with E-state index in [2.05, 4.69) is 10.3 Å². The highest BCUT2D eigenvalue weighted by molar-refractivity contribution is 5.92. The van der Waals surface area contributed by atoms with Gasteiger partial charge in [0.25, 0.3) is 0 Å². The predicted octanol–water partition coefficient (Wildman–Crippen LogP) is 3.19. The van der Waals surface area contributed by atoms with Crippen LogP contribution in [0.4, 0.5) is 5.69 Å². The van der Waals surface area contributed by atoms with Gasteiger partial charge in [-0.3, -0.25) is 0 Å². The van der Waals surface area contributed by atoms with E-state index in [1.165, 1.54) is 5.56 Å². The molecule has 1 atom stereocenters. The summed E-state index contributed by atoms with van der Waals surface area (Å²) in [6.45, 7) is 4.51. The van der Waals surface area contributed by atoms with Crippen molar-refractivity contribution in [1.29, 1.82) is 0 Å². The van der Waals surface area contributed by atoms with Crippen LogP contribution >= 0.6 is 0 Å². The standard InChI is InChI=1S/C17H21N3O/c1-13-8-10-15(11-9-13)20-17(18)19-12-14(2)21-16-6-4-3-5-7-16/h3-11,14H,12H2,1-2H3,(H3,18,19,20). The molecule has 0 aliphatic rings. The SMILES string of the molecule is Cc1ccc(NC(N)=NCC(C)Oc2ccccc2)cc1. The highest BCUT2D eigenvalue weighted by Crippen LogP contribution is 2.11. The molecular formula is C17H21N3O. The number of anilines is 1. The Bertz CT molecular complexity index is 579. The van der Waals surface area contributed by atoms with Gasteiger partial charge in [0.1, 0.15) is 11.9 Å². The highest BCUT2D eigenvalue weighted by Gasteiger charge is 2.03. The number of benzene rings is 2. The lowest BCUT2D eigenvalue weighted by atomic mass is 10.2. The molecule has 21 heavy (non-hydrogen) atoms. The van der Waals surface area contributed by atoms with E-state index in [-0.39, 0.29) is 6.10 Å². The first kappa shape index (κ1) is 14.9. The average Bonchev–Trinajstić information content (AvgIpc) is 2.49. The summed E-state index contributed by atoms with van der Waals surface area (Å²) in [7, 11) is 0. The summed E-state index contributed by atoms with van der Waals surface area (Å²) in [5, 5.41) is 3.06. The van der Waals surface area contributed by atoms with Crippen LogP contribution in [0.3, 0.4) is 0 Å². The molecule has 3 N–H and O–H groups in total. The van der Waals surface area contributed by atoms with Crippen LogP contribution < -0.4 is 15.8 Å². The normalized spacial score (nSPS) is 12.8. The summed E-state index contributed by atoms with van der Waals surface area (Å²) < 4.78 is 5.74. The molecule has 4 heteroatoms. The van der Waals surface area contributed by atoms with E-state index in [9.17, 15) is 0 Å². The minimum atomic E-state index is -0.0363. The molecule has 0 fully saturated rings. The van der Waals surface area contributed by atoms with Crippen LogP contribution in [0.2, 0.25) is 0 Å². The zero-order valence-corrected chi connectivity index (χ0v) is 12.4. The van der Waals surface area contributed by atoms with Crippen LogP contribution in [0, 0.1) is 6.92 Å². The second kappa shape index (κ2) is 7.33. The summed E-state index contributed by atoms with van der Waals surface area (Å²) in [4.78, 5) is 4.30. The van der Waals surface area contributed by atoms with Crippen LogP contribution in [0.15, 0.2) is 59.6 Å². The summed E-state index contributed by atoms with van der Waals surface area (Å²) in [6.07, 6.45) is -0.0363. The molecule has 0 radical (unpaired) electrons. The monoisotopic (exact) mass is 283 g/mol. The molecule has 0 aliphatic carbocycles. The van der Waals surface area contributed by atoms with Gasteiger partial charge < -0.3 is 15.8 Å². The molecule has 0 heterocycles. The van der Waals surface area contributed by atoms with E-state index in [0.717, 1.165) is 11.4 Å². The average molecular weight is 283 g/mol. The Balaban J connectivity index is 1.83. The van der Waals surface area contributed by atoms with Gasteiger partial charge in [-0.2, -0.15) is 0 Å². The molecule has 0 aliphatic heterocycles. The number of guanidine groups is 1. The first-order chi connectivity index (χ1) is 10.1. The number of hydrogen-bond acceptors (Lipinski definition) is 2. The molecule has 110 valence electrons. The molecule has 0 saturated heterocycles. The second-order valence-corrected chi connectivity index (χ2v) is 4.96. The molecule has 0 spiro atoms. The van der Waals surface area contributed by atoms with Crippen molar-refractivity contribution in [3.05, 3.63) is 60.2 Å². The number of aryl methyl sites for hydroxylation is 1. The molecule has 4 nitrogen and oxygen atoms in total. The van der Waals surface area contributed by atoms with E-state index < -0.39 is 0 Å². The number of nitrogens with two attached hydrogens (primary N) is 1. The highest BCUT2D eigenvalue weighted by atomic mass is 16.5. The predicted molar refractivity (Wildman–Crippen MR) is 87.8 cm³/mol. The Morgan fingerprint density at radius 3 is 2.48 bits per heavy atom.